The molecule has 4 rings (SSSR count). The molecule has 146 valence electrons. The van der Waals surface area contributed by atoms with Gasteiger partial charge in [-0.15, -0.1) is 0 Å². The van der Waals surface area contributed by atoms with Crippen LogP contribution in [0.5, 0.6) is 0 Å². The lowest BCUT2D eigenvalue weighted by Gasteiger charge is -2.32. The standard InChI is InChI=1S/C23H28N4O/c1-25-14-16-26(17-15-25)13-7-12-22-24-21-11-6-5-10-20(21)23(28)27(22)18-19-8-3-2-4-9-19/h2-6,8-11H,7,12-18H2,1H3. The fraction of sp³-hybridized carbons (Fsp3) is 0.391. The summed E-state index contributed by atoms with van der Waals surface area (Å²) in [6.45, 7) is 6.14. The molecule has 1 saturated heterocycles. The Morgan fingerprint density at radius 3 is 2.43 bits per heavy atom. The minimum Gasteiger partial charge on any atom is -0.304 e. The highest BCUT2D eigenvalue weighted by atomic mass is 16.1. The second-order valence-electron chi connectivity index (χ2n) is 7.67. The molecule has 0 bridgehead atoms. The predicted octanol–water partition coefficient (Wildman–Crippen LogP) is 2.62. The van der Waals surface area contributed by atoms with Crippen molar-refractivity contribution in [1.82, 2.24) is 19.4 Å². The predicted molar refractivity (Wildman–Crippen MR) is 114 cm³/mol. The van der Waals surface area contributed by atoms with Crippen molar-refractivity contribution in [3.63, 3.8) is 0 Å². The third kappa shape index (κ3) is 4.32. The van der Waals surface area contributed by atoms with Crippen molar-refractivity contribution >= 4 is 10.9 Å². The molecule has 5 heteroatoms. The van der Waals surface area contributed by atoms with Crippen molar-refractivity contribution in [3.05, 3.63) is 76.3 Å². The zero-order chi connectivity index (χ0) is 19.3. The number of hydrogen-bond donors (Lipinski definition) is 0. The summed E-state index contributed by atoms with van der Waals surface area (Å²) in [4.78, 5) is 22.9. The minimum absolute atomic E-state index is 0.0593. The molecule has 3 aromatic rings. The molecule has 0 spiro atoms. The number of hydrogen-bond acceptors (Lipinski definition) is 4. The summed E-state index contributed by atoms with van der Waals surface area (Å²) >= 11 is 0. The highest BCUT2D eigenvalue weighted by molar-refractivity contribution is 5.77. The first kappa shape index (κ1) is 18.8. The van der Waals surface area contributed by atoms with Crippen LogP contribution in [0, 0.1) is 0 Å². The van der Waals surface area contributed by atoms with E-state index in [0.717, 1.165) is 62.5 Å². The van der Waals surface area contributed by atoms with Crippen LogP contribution in [0.3, 0.4) is 0 Å². The number of aryl methyl sites for hydroxylation is 1. The molecule has 1 aliphatic rings. The molecule has 0 amide bonds. The van der Waals surface area contributed by atoms with Crippen LogP contribution in [-0.2, 0) is 13.0 Å². The molecule has 1 aromatic heterocycles. The smallest absolute Gasteiger partial charge is 0.261 e. The highest BCUT2D eigenvalue weighted by Crippen LogP contribution is 2.12. The summed E-state index contributed by atoms with van der Waals surface area (Å²) in [6, 6.07) is 17.8. The summed E-state index contributed by atoms with van der Waals surface area (Å²) in [5.41, 5.74) is 1.98. The van der Waals surface area contributed by atoms with Gasteiger partial charge >= 0.3 is 0 Å². The maximum absolute atomic E-state index is 13.2. The Hall–Kier alpha value is -2.50. The molecule has 1 aliphatic heterocycles. The number of rotatable bonds is 6. The normalized spacial score (nSPS) is 15.9. The van der Waals surface area contributed by atoms with Gasteiger partial charge in [-0.3, -0.25) is 9.36 Å². The van der Waals surface area contributed by atoms with E-state index in [1.165, 1.54) is 0 Å². The molecular weight excluding hydrogens is 348 g/mol. The topological polar surface area (TPSA) is 41.4 Å². The van der Waals surface area contributed by atoms with E-state index in [9.17, 15) is 4.79 Å². The molecule has 28 heavy (non-hydrogen) atoms. The maximum atomic E-state index is 13.2. The molecule has 0 N–H and O–H groups in total. The summed E-state index contributed by atoms with van der Waals surface area (Å²) in [5, 5.41) is 0.696. The van der Waals surface area contributed by atoms with Gasteiger partial charge in [-0.25, -0.2) is 4.98 Å². The number of nitrogens with zero attached hydrogens (tertiary/aromatic N) is 4. The molecule has 2 heterocycles. The Labute approximate surface area is 166 Å². The monoisotopic (exact) mass is 376 g/mol. The van der Waals surface area contributed by atoms with Crippen molar-refractivity contribution < 1.29 is 0 Å². The molecule has 0 radical (unpaired) electrons. The minimum atomic E-state index is 0.0593. The van der Waals surface area contributed by atoms with Crippen LogP contribution in [0.2, 0.25) is 0 Å². The average Bonchev–Trinajstić information content (AvgIpc) is 2.73. The summed E-state index contributed by atoms with van der Waals surface area (Å²) in [5.74, 6) is 0.890. The first-order valence-electron chi connectivity index (χ1n) is 10.1. The maximum Gasteiger partial charge on any atom is 0.261 e. The third-order valence-corrected chi connectivity index (χ3v) is 5.59. The zero-order valence-corrected chi connectivity index (χ0v) is 16.6. The van der Waals surface area contributed by atoms with Crippen molar-refractivity contribution in [2.24, 2.45) is 0 Å². The zero-order valence-electron chi connectivity index (χ0n) is 16.6. The van der Waals surface area contributed by atoms with Crippen molar-refractivity contribution in [2.45, 2.75) is 19.4 Å². The van der Waals surface area contributed by atoms with E-state index in [4.69, 9.17) is 4.98 Å². The van der Waals surface area contributed by atoms with Crippen LogP contribution in [-0.4, -0.2) is 59.1 Å². The molecule has 1 fully saturated rings. The van der Waals surface area contributed by atoms with Gasteiger partial charge in [-0.2, -0.15) is 0 Å². The second-order valence-corrected chi connectivity index (χ2v) is 7.67. The molecule has 2 aromatic carbocycles. The summed E-state index contributed by atoms with van der Waals surface area (Å²) in [6.07, 6.45) is 1.84. The average molecular weight is 377 g/mol. The van der Waals surface area contributed by atoms with E-state index in [-0.39, 0.29) is 5.56 Å². The number of aromatic nitrogens is 2. The molecule has 0 aliphatic carbocycles. The van der Waals surface area contributed by atoms with Gasteiger partial charge in [0.1, 0.15) is 5.82 Å². The fourth-order valence-electron chi connectivity index (χ4n) is 3.87. The Kier molecular flexibility index (Phi) is 5.84. The largest absolute Gasteiger partial charge is 0.304 e. The lowest BCUT2D eigenvalue weighted by atomic mass is 10.2. The Morgan fingerprint density at radius 1 is 0.929 bits per heavy atom. The number of piperazine rings is 1. The van der Waals surface area contributed by atoms with E-state index < -0.39 is 0 Å². The van der Waals surface area contributed by atoms with Gasteiger partial charge in [0, 0.05) is 32.6 Å². The van der Waals surface area contributed by atoms with Gasteiger partial charge in [-0.05, 0) is 37.7 Å². The van der Waals surface area contributed by atoms with Crippen LogP contribution in [0.25, 0.3) is 10.9 Å². The summed E-state index contributed by atoms with van der Waals surface area (Å²) < 4.78 is 1.86. The second kappa shape index (κ2) is 8.67. The lowest BCUT2D eigenvalue weighted by Crippen LogP contribution is -2.44. The van der Waals surface area contributed by atoms with E-state index >= 15 is 0 Å². The molecular formula is C23H28N4O. The highest BCUT2D eigenvalue weighted by Gasteiger charge is 2.15. The van der Waals surface area contributed by atoms with Gasteiger partial charge in [-0.1, -0.05) is 42.5 Å². The van der Waals surface area contributed by atoms with Crippen LogP contribution in [0.1, 0.15) is 17.8 Å². The van der Waals surface area contributed by atoms with E-state index in [1.807, 2.05) is 47.0 Å². The Balaban J connectivity index is 1.56. The van der Waals surface area contributed by atoms with E-state index in [2.05, 4.69) is 29.0 Å². The Morgan fingerprint density at radius 2 is 1.64 bits per heavy atom. The van der Waals surface area contributed by atoms with E-state index in [0.29, 0.717) is 11.9 Å². The number of fused-ring (bicyclic) bond motifs is 1. The van der Waals surface area contributed by atoms with Gasteiger partial charge in [0.05, 0.1) is 17.4 Å². The number of para-hydroxylation sites is 1. The van der Waals surface area contributed by atoms with Crippen LogP contribution in [0.4, 0.5) is 0 Å². The number of benzene rings is 2. The number of likely N-dealkylation sites (N-methyl/N-ethyl adjacent to an activating group) is 1. The first-order chi connectivity index (χ1) is 13.7. The van der Waals surface area contributed by atoms with Gasteiger partial charge in [0.15, 0.2) is 0 Å². The molecule has 5 nitrogen and oxygen atoms in total. The van der Waals surface area contributed by atoms with Gasteiger partial charge in [0.25, 0.3) is 5.56 Å². The molecule has 0 atom stereocenters. The van der Waals surface area contributed by atoms with Crippen molar-refractivity contribution in [1.29, 1.82) is 0 Å². The van der Waals surface area contributed by atoms with Crippen LogP contribution >= 0.6 is 0 Å². The van der Waals surface area contributed by atoms with Gasteiger partial charge in [0.2, 0.25) is 0 Å². The van der Waals surface area contributed by atoms with E-state index in [1.54, 1.807) is 0 Å². The Bertz CT molecular complexity index is 975. The first-order valence-corrected chi connectivity index (χ1v) is 10.1. The summed E-state index contributed by atoms with van der Waals surface area (Å²) in [7, 11) is 2.18. The van der Waals surface area contributed by atoms with Crippen molar-refractivity contribution in [2.75, 3.05) is 39.8 Å². The third-order valence-electron chi connectivity index (χ3n) is 5.59. The fourth-order valence-corrected chi connectivity index (χ4v) is 3.87. The molecule has 0 saturated carbocycles. The lowest BCUT2D eigenvalue weighted by molar-refractivity contribution is 0.152. The SMILES string of the molecule is CN1CCN(CCCc2nc3ccccc3c(=O)n2Cc2ccccc2)CC1. The quantitative estimate of drug-likeness (QED) is 0.663. The molecule has 0 unspecified atom stereocenters. The van der Waals surface area contributed by atoms with Crippen molar-refractivity contribution in [3.8, 4) is 0 Å². The van der Waals surface area contributed by atoms with Crippen LogP contribution < -0.4 is 5.56 Å². The van der Waals surface area contributed by atoms with Gasteiger partial charge < -0.3 is 9.80 Å². The van der Waals surface area contributed by atoms with Crippen LogP contribution in [0.15, 0.2) is 59.4 Å².